The van der Waals surface area contributed by atoms with Gasteiger partial charge in [0, 0.05) is 42.1 Å². The highest BCUT2D eigenvalue weighted by atomic mass is 32.2. The van der Waals surface area contributed by atoms with Crippen LogP contribution < -0.4 is 10.6 Å². The third-order valence-corrected chi connectivity index (χ3v) is 2.66. The summed E-state index contributed by atoms with van der Waals surface area (Å²) in [6.07, 6.45) is 4.43. The molecule has 2 N–H and O–H groups in total. The van der Waals surface area contributed by atoms with Crippen LogP contribution in [0.5, 0.6) is 0 Å². The minimum absolute atomic E-state index is 0.627. The van der Waals surface area contributed by atoms with Crippen molar-refractivity contribution in [2.24, 2.45) is 0 Å². The normalized spacial score (nSPS) is 12.1. The Balaban J connectivity index is 2.43. The van der Waals surface area contributed by atoms with E-state index in [1.165, 1.54) is 0 Å². The highest BCUT2D eigenvalue weighted by Gasteiger charge is 1.98. The van der Waals surface area contributed by atoms with E-state index < -0.39 is 10.8 Å². The molecule has 16 heavy (non-hydrogen) atoms. The van der Waals surface area contributed by atoms with Crippen LogP contribution in [0.3, 0.4) is 0 Å². The fraction of sp³-hybridized carbons (Fsp3) is 0.600. The summed E-state index contributed by atoms with van der Waals surface area (Å²) >= 11 is 0. The molecule has 1 heterocycles. The Labute approximate surface area is 98.5 Å². The van der Waals surface area contributed by atoms with Gasteiger partial charge in [-0.05, 0) is 12.5 Å². The zero-order valence-electron chi connectivity index (χ0n) is 9.69. The molecule has 0 saturated heterocycles. The van der Waals surface area contributed by atoms with Crippen molar-refractivity contribution >= 4 is 22.6 Å². The molecular weight excluding hydrogens is 224 g/mol. The second kappa shape index (κ2) is 7.16. The first kappa shape index (κ1) is 12.9. The average Bonchev–Trinajstić information content (AvgIpc) is 2.26. The first-order valence-electron chi connectivity index (χ1n) is 5.33. The Morgan fingerprint density at radius 3 is 2.88 bits per heavy atom. The summed E-state index contributed by atoms with van der Waals surface area (Å²) in [7, 11) is -0.771. The van der Waals surface area contributed by atoms with E-state index >= 15 is 0 Å². The Kier molecular flexibility index (Phi) is 5.77. The van der Waals surface area contributed by atoms with Crippen LogP contribution in [0, 0.1) is 0 Å². The van der Waals surface area contributed by atoms with Crippen LogP contribution in [0.25, 0.3) is 0 Å². The summed E-state index contributed by atoms with van der Waals surface area (Å²) in [5.41, 5.74) is 0. The summed E-state index contributed by atoms with van der Waals surface area (Å²) in [4.78, 5) is 8.37. The van der Waals surface area contributed by atoms with E-state index in [2.05, 4.69) is 27.5 Å². The van der Waals surface area contributed by atoms with Crippen molar-refractivity contribution in [1.29, 1.82) is 0 Å². The lowest BCUT2D eigenvalue weighted by atomic mass is 10.5. The first-order chi connectivity index (χ1) is 7.72. The van der Waals surface area contributed by atoms with E-state index in [4.69, 9.17) is 0 Å². The molecule has 0 aromatic carbocycles. The van der Waals surface area contributed by atoms with Crippen molar-refractivity contribution in [3.8, 4) is 0 Å². The lowest BCUT2D eigenvalue weighted by Gasteiger charge is -2.06. The van der Waals surface area contributed by atoms with Gasteiger partial charge >= 0.3 is 0 Å². The number of nitrogens with one attached hydrogen (secondary N) is 2. The Hall–Kier alpha value is -1.17. The van der Waals surface area contributed by atoms with Gasteiger partial charge in [0.15, 0.2) is 0 Å². The van der Waals surface area contributed by atoms with Crippen molar-refractivity contribution in [2.75, 3.05) is 35.7 Å². The van der Waals surface area contributed by atoms with Gasteiger partial charge in [0.25, 0.3) is 0 Å². The minimum atomic E-state index is -0.771. The van der Waals surface area contributed by atoms with Crippen molar-refractivity contribution in [3.05, 3.63) is 12.3 Å². The molecule has 1 aromatic heterocycles. The molecule has 1 rings (SSSR count). The summed E-state index contributed by atoms with van der Waals surface area (Å²) in [6.45, 7) is 3.61. The zero-order chi connectivity index (χ0) is 11.8. The SMILES string of the molecule is CCCNc1nccc(NCCS(C)=O)n1. The number of anilines is 2. The van der Waals surface area contributed by atoms with Crippen molar-refractivity contribution in [3.63, 3.8) is 0 Å². The lowest BCUT2D eigenvalue weighted by Crippen LogP contribution is -2.12. The fourth-order valence-electron chi connectivity index (χ4n) is 1.10. The van der Waals surface area contributed by atoms with E-state index in [1.807, 2.05) is 0 Å². The molecule has 0 aliphatic carbocycles. The summed E-state index contributed by atoms with van der Waals surface area (Å²) < 4.78 is 10.9. The molecule has 1 atom stereocenters. The number of aromatic nitrogens is 2. The van der Waals surface area contributed by atoms with Crippen LogP contribution in [-0.2, 0) is 10.8 Å². The predicted molar refractivity (Wildman–Crippen MR) is 68.2 cm³/mol. The molecule has 0 saturated carbocycles. The lowest BCUT2D eigenvalue weighted by molar-refractivity contribution is 0.687. The highest BCUT2D eigenvalue weighted by Crippen LogP contribution is 2.04. The molecule has 0 spiro atoms. The first-order valence-corrected chi connectivity index (χ1v) is 7.06. The van der Waals surface area contributed by atoms with E-state index in [0.717, 1.165) is 18.8 Å². The number of hydrogen-bond donors (Lipinski definition) is 2. The standard InChI is InChI=1S/C10H18N4OS/c1-3-5-12-10-13-6-4-9(14-10)11-7-8-16(2)15/h4,6H,3,5,7-8H2,1-2H3,(H2,11,12,13,14). The van der Waals surface area contributed by atoms with Crippen LogP contribution in [0.1, 0.15) is 13.3 Å². The molecular formula is C10H18N4OS. The van der Waals surface area contributed by atoms with Gasteiger partial charge in [-0.3, -0.25) is 4.21 Å². The van der Waals surface area contributed by atoms with E-state index in [1.54, 1.807) is 18.5 Å². The Morgan fingerprint density at radius 2 is 2.19 bits per heavy atom. The third kappa shape index (κ3) is 5.06. The molecule has 0 fully saturated rings. The van der Waals surface area contributed by atoms with Gasteiger partial charge in [0.2, 0.25) is 5.95 Å². The van der Waals surface area contributed by atoms with Crippen LogP contribution in [0.2, 0.25) is 0 Å². The van der Waals surface area contributed by atoms with Gasteiger partial charge in [-0.1, -0.05) is 6.92 Å². The molecule has 0 aliphatic rings. The van der Waals surface area contributed by atoms with Gasteiger partial charge in [-0.2, -0.15) is 4.98 Å². The van der Waals surface area contributed by atoms with Crippen molar-refractivity contribution in [1.82, 2.24) is 9.97 Å². The van der Waals surface area contributed by atoms with Gasteiger partial charge in [-0.15, -0.1) is 0 Å². The number of nitrogens with zero attached hydrogens (tertiary/aromatic N) is 2. The maximum absolute atomic E-state index is 10.9. The molecule has 5 nitrogen and oxygen atoms in total. The topological polar surface area (TPSA) is 66.9 Å². The summed E-state index contributed by atoms with van der Waals surface area (Å²) in [6, 6.07) is 1.80. The largest absolute Gasteiger partial charge is 0.369 e. The van der Waals surface area contributed by atoms with Gasteiger partial charge in [0.05, 0.1) is 0 Å². The number of rotatable bonds is 7. The quantitative estimate of drug-likeness (QED) is 0.749. The molecule has 6 heteroatoms. The molecule has 1 aromatic rings. The Bertz CT molecular complexity index is 345. The van der Waals surface area contributed by atoms with Crippen LogP contribution in [0.15, 0.2) is 12.3 Å². The predicted octanol–water partition coefficient (Wildman–Crippen LogP) is 1.09. The van der Waals surface area contributed by atoms with E-state index in [0.29, 0.717) is 18.2 Å². The van der Waals surface area contributed by atoms with Gasteiger partial charge in [-0.25, -0.2) is 4.98 Å². The van der Waals surface area contributed by atoms with Crippen LogP contribution in [-0.4, -0.2) is 39.3 Å². The Morgan fingerprint density at radius 1 is 1.38 bits per heavy atom. The molecule has 0 amide bonds. The molecule has 1 unspecified atom stereocenters. The molecule has 0 bridgehead atoms. The minimum Gasteiger partial charge on any atom is -0.369 e. The molecule has 0 aliphatic heterocycles. The van der Waals surface area contributed by atoms with E-state index in [-0.39, 0.29) is 0 Å². The zero-order valence-corrected chi connectivity index (χ0v) is 10.5. The van der Waals surface area contributed by atoms with E-state index in [9.17, 15) is 4.21 Å². The smallest absolute Gasteiger partial charge is 0.224 e. The maximum Gasteiger partial charge on any atom is 0.224 e. The van der Waals surface area contributed by atoms with Crippen LogP contribution >= 0.6 is 0 Å². The number of hydrogen-bond acceptors (Lipinski definition) is 5. The summed E-state index contributed by atoms with van der Waals surface area (Å²) in [5.74, 6) is 2.02. The average molecular weight is 242 g/mol. The molecule has 90 valence electrons. The van der Waals surface area contributed by atoms with Crippen molar-refractivity contribution in [2.45, 2.75) is 13.3 Å². The van der Waals surface area contributed by atoms with Crippen molar-refractivity contribution < 1.29 is 4.21 Å². The van der Waals surface area contributed by atoms with Gasteiger partial charge < -0.3 is 10.6 Å². The highest BCUT2D eigenvalue weighted by molar-refractivity contribution is 7.84. The fourth-order valence-corrected chi connectivity index (χ4v) is 1.49. The maximum atomic E-state index is 10.9. The molecule has 0 radical (unpaired) electrons. The monoisotopic (exact) mass is 242 g/mol. The second-order valence-electron chi connectivity index (χ2n) is 3.40. The third-order valence-electron chi connectivity index (χ3n) is 1.88. The second-order valence-corrected chi connectivity index (χ2v) is 4.95. The summed E-state index contributed by atoms with van der Waals surface area (Å²) in [5, 5.41) is 6.22. The van der Waals surface area contributed by atoms with Gasteiger partial charge in [0.1, 0.15) is 5.82 Å². The van der Waals surface area contributed by atoms with Crippen LogP contribution in [0.4, 0.5) is 11.8 Å².